The molecule has 1 aliphatic rings. The van der Waals surface area contributed by atoms with Gasteiger partial charge in [-0.3, -0.25) is 4.79 Å². The third kappa shape index (κ3) is 4.79. The van der Waals surface area contributed by atoms with Gasteiger partial charge in [0.15, 0.2) is 5.78 Å². The van der Waals surface area contributed by atoms with E-state index in [1.807, 2.05) is 31.2 Å². The summed E-state index contributed by atoms with van der Waals surface area (Å²) in [7, 11) is 0. The van der Waals surface area contributed by atoms with E-state index < -0.39 is 0 Å². The van der Waals surface area contributed by atoms with E-state index in [9.17, 15) is 4.79 Å². The normalized spacial score (nSPS) is 14.9. The van der Waals surface area contributed by atoms with Crippen LogP contribution in [0.15, 0.2) is 24.3 Å². The fraction of sp³-hybridized carbons (Fsp3) is 0.588. The van der Waals surface area contributed by atoms with E-state index in [1.165, 1.54) is 31.4 Å². The molecule has 0 saturated heterocycles. The first-order chi connectivity index (χ1) is 9.19. The van der Waals surface area contributed by atoms with Crippen molar-refractivity contribution in [1.82, 2.24) is 4.90 Å². The monoisotopic (exact) mass is 259 g/mol. The summed E-state index contributed by atoms with van der Waals surface area (Å²) in [4.78, 5) is 14.6. The fourth-order valence-corrected chi connectivity index (χ4v) is 2.42. The number of ketones is 1. The van der Waals surface area contributed by atoms with Crippen molar-refractivity contribution in [2.24, 2.45) is 5.92 Å². The Morgan fingerprint density at radius 2 is 1.89 bits per heavy atom. The van der Waals surface area contributed by atoms with Crippen molar-refractivity contribution in [2.45, 2.75) is 39.5 Å². The molecule has 0 spiro atoms. The summed E-state index contributed by atoms with van der Waals surface area (Å²) >= 11 is 0. The molecule has 0 atom stereocenters. The molecule has 104 valence electrons. The molecule has 0 radical (unpaired) electrons. The van der Waals surface area contributed by atoms with E-state index in [2.05, 4.69) is 11.8 Å². The van der Waals surface area contributed by atoms with Crippen molar-refractivity contribution in [3.05, 3.63) is 35.4 Å². The minimum absolute atomic E-state index is 0.275. The van der Waals surface area contributed by atoms with Gasteiger partial charge in [-0.2, -0.15) is 0 Å². The Hall–Kier alpha value is -1.15. The van der Waals surface area contributed by atoms with Crippen LogP contribution >= 0.6 is 0 Å². The second-order valence-corrected chi connectivity index (χ2v) is 5.78. The first-order valence-corrected chi connectivity index (χ1v) is 7.51. The molecule has 0 aliphatic heterocycles. The molecule has 2 heteroatoms. The highest BCUT2D eigenvalue weighted by Crippen LogP contribution is 2.29. The lowest BCUT2D eigenvalue weighted by Crippen LogP contribution is -2.29. The van der Waals surface area contributed by atoms with Crippen molar-refractivity contribution in [1.29, 1.82) is 0 Å². The number of rotatable bonds is 8. The van der Waals surface area contributed by atoms with Gasteiger partial charge in [-0.1, -0.05) is 36.8 Å². The molecule has 0 aromatic heterocycles. The fourth-order valence-electron chi connectivity index (χ4n) is 2.42. The Morgan fingerprint density at radius 3 is 2.47 bits per heavy atom. The lowest BCUT2D eigenvalue weighted by molar-refractivity contribution is 0.0962. The first-order valence-electron chi connectivity index (χ1n) is 7.51. The maximum absolute atomic E-state index is 12.1. The average molecular weight is 259 g/mol. The van der Waals surface area contributed by atoms with Gasteiger partial charge in [0.25, 0.3) is 0 Å². The van der Waals surface area contributed by atoms with E-state index >= 15 is 0 Å². The number of hydrogen-bond acceptors (Lipinski definition) is 2. The summed E-state index contributed by atoms with van der Waals surface area (Å²) in [5, 5.41) is 0. The third-order valence-corrected chi connectivity index (χ3v) is 3.78. The number of carbonyl (C=O) groups excluding carboxylic acids is 1. The van der Waals surface area contributed by atoms with Crippen molar-refractivity contribution in [3.8, 4) is 0 Å². The zero-order chi connectivity index (χ0) is 13.7. The molecule has 19 heavy (non-hydrogen) atoms. The molecule has 0 amide bonds. The highest BCUT2D eigenvalue weighted by atomic mass is 16.1. The number of aryl methyl sites for hydroxylation is 1. The third-order valence-electron chi connectivity index (χ3n) is 3.78. The van der Waals surface area contributed by atoms with Crippen molar-refractivity contribution < 1.29 is 4.79 Å². The van der Waals surface area contributed by atoms with Crippen molar-refractivity contribution in [3.63, 3.8) is 0 Å². The zero-order valence-electron chi connectivity index (χ0n) is 12.2. The van der Waals surface area contributed by atoms with Crippen LogP contribution in [0.2, 0.25) is 0 Å². The molecule has 0 heterocycles. The van der Waals surface area contributed by atoms with Gasteiger partial charge in [0.1, 0.15) is 0 Å². The van der Waals surface area contributed by atoms with Crippen LogP contribution in [0.4, 0.5) is 0 Å². The summed E-state index contributed by atoms with van der Waals surface area (Å²) in [6.45, 7) is 7.48. The van der Waals surface area contributed by atoms with Gasteiger partial charge in [0.05, 0.1) is 0 Å². The molecule has 0 unspecified atom stereocenters. The number of hydrogen-bond donors (Lipinski definition) is 0. The largest absolute Gasteiger partial charge is 0.303 e. The molecular formula is C17H25NO. The van der Waals surface area contributed by atoms with Crippen LogP contribution < -0.4 is 0 Å². The topological polar surface area (TPSA) is 20.3 Å². The Kier molecular flexibility index (Phi) is 5.15. The molecule has 1 aromatic rings. The minimum Gasteiger partial charge on any atom is -0.303 e. The summed E-state index contributed by atoms with van der Waals surface area (Å²) in [5.74, 6) is 1.18. The molecular weight excluding hydrogens is 234 g/mol. The van der Waals surface area contributed by atoms with E-state index in [0.29, 0.717) is 6.42 Å². The number of carbonyl (C=O) groups is 1. The molecule has 0 bridgehead atoms. The summed E-state index contributed by atoms with van der Waals surface area (Å²) in [6.07, 6.45) is 4.58. The first kappa shape index (κ1) is 14.3. The molecule has 1 saturated carbocycles. The Morgan fingerprint density at radius 1 is 1.21 bits per heavy atom. The average Bonchev–Trinajstić information content (AvgIpc) is 3.21. The van der Waals surface area contributed by atoms with Crippen LogP contribution in [0.1, 0.15) is 48.5 Å². The smallest absolute Gasteiger partial charge is 0.164 e. The summed E-state index contributed by atoms with van der Waals surface area (Å²) < 4.78 is 0. The van der Waals surface area contributed by atoms with Gasteiger partial charge in [-0.15, -0.1) is 0 Å². The van der Waals surface area contributed by atoms with E-state index in [1.54, 1.807) is 0 Å². The molecule has 0 N–H and O–H groups in total. The van der Waals surface area contributed by atoms with Crippen molar-refractivity contribution >= 4 is 5.78 Å². The summed E-state index contributed by atoms with van der Waals surface area (Å²) in [5.41, 5.74) is 2.06. The highest BCUT2D eigenvalue weighted by molar-refractivity contribution is 5.96. The van der Waals surface area contributed by atoms with E-state index in [4.69, 9.17) is 0 Å². The lowest BCUT2D eigenvalue weighted by atomic mass is 10.1. The van der Waals surface area contributed by atoms with Gasteiger partial charge in [0, 0.05) is 25.1 Å². The van der Waals surface area contributed by atoms with Gasteiger partial charge in [0.2, 0.25) is 0 Å². The molecule has 1 aliphatic carbocycles. The second kappa shape index (κ2) is 6.85. The lowest BCUT2D eigenvalue weighted by Gasteiger charge is -2.21. The van der Waals surface area contributed by atoms with Crippen LogP contribution in [0.25, 0.3) is 0 Å². The maximum atomic E-state index is 12.1. The quantitative estimate of drug-likeness (QED) is 0.664. The van der Waals surface area contributed by atoms with Gasteiger partial charge in [-0.05, 0) is 38.6 Å². The molecule has 2 rings (SSSR count). The predicted octanol–water partition coefficient (Wildman–Crippen LogP) is 3.69. The van der Waals surface area contributed by atoms with Gasteiger partial charge in [-0.25, -0.2) is 0 Å². The van der Waals surface area contributed by atoms with Crippen LogP contribution in [-0.2, 0) is 0 Å². The van der Waals surface area contributed by atoms with Gasteiger partial charge >= 0.3 is 0 Å². The van der Waals surface area contributed by atoms with Crippen LogP contribution in [-0.4, -0.2) is 30.3 Å². The van der Waals surface area contributed by atoms with Crippen molar-refractivity contribution in [2.75, 3.05) is 19.6 Å². The number of Topliss-reactive ketones (excluding diaryl/α,β-unsaturated/α-hetero) is 1. The Balaban J connectivity index is 1.81. The Labute approximate surface area is 116 Å². The second-order valence-electron chi connectivity index (χ2n) is 5.78. The highest BCUT2D eigenvalue weighted by Gasteiger charge is 2.24. The number of nitrogens with zero attached hydrogens (tertiary/aromatic N) is 1. The number of benzene rings is 1. The summed E-state index contributed by atoms with van der Waals surface area (Å²) in [6, 6.07) is 7.92. The van der Waals surface area contributed by atoms with Gasteiger partial charge < -0.3 is 4.90 Å². The van der Waals surface area contributed by atoms with Crippen LogP contribution in [0.3, 0.4) is 0 Å². The zero-order valence-corrected chi connectivity index (χ0v) is 12.2. The molecule has 1 fully saturated rings. The van der Waals surface area contributed by atoms with E-state index in [-0.39, 0.29) is 5.78 Å². The molecule has 1 aromatic carbocycles. The Bertz CT molecular complexity index is 406. The minimum atomic E-state index is 0.275. The SMILES string of the molecule is CCCN(CCC(=O)c1ccc(C)cc1)CC1CC1. The van der Waals surface area contributed by atoms with Crippen LogP contribution in [0.5, 0.6) is 0 Å². The predicted molar refractivity (Wildman–Crippen MR) is 79.6 cm³/mol. The van der Waals surface area contributed by atoms with Crippen LogP contribution in [0, 0.1) is 12.8 Å². The standard InChI is InChI=1S/C17H25NO/c1-3-11-18(13-15-6-7-15)12-10-17(19)16-8-4-14(2)5-9-16/h4-5,8-9,15H,3,6-7,10-13H2,1-2H3. The molecule has 2 nitrogen and oxygen atoms in total. The maximum Gasteiger partial charge on any atom is 0.164 e. The van der Waals surface area contributed by atoms with E-state index in [0.717, 1.165) is 24.6 Å².